The molecule has 0 radical (unpaired) electrons. The number of hydrogen-bond donors (Lipinski definition) is 0. The number of thioether (sulfide) groups is 1. The van der Waals surface area contributed by atoms with Crippen LogP contribution in [0.25, 0.3) is 0 Å². The number of hydrogen-bond acceptors (Lipinski definition) is 4. The third-order valence-electron chi connectivity index (χ3n) is 2.03. The molecule has 0 aliphatic heterocycles. The van der Waals surface area contributed by atoms with Gasteiger partial charge in [-0.05, 0) is 45.4 Å². The Labute approximate surface area is 119 Å². The second-order valence-electron chi connectivity index (χ2n) is 3.36. The summed E-state index contributed by atoms with van der Waals surface area (Å²) in [5, 5.41) is 8.79. The Morgan fingerprint density at radius 3 is 2.63 bits per heavy atom. The number of ether oxygens (including phenoxy) is 1. The molecule has 0 spiro atoms. The number of alkyl halides is 3. The SMILES string of the molecule is COC(=O)Cc1cc(C#N)cc(Br)c1SC(F)(F)F. The lowest BCUT2D eigenvalue weighted by Crippen LogP contribution is -2.08. The Balaban J connectivity index is 3.26. The molecular weight excluding hydrogens is 347 g/mol. The predicted octanol–water partition coefficient (Wildman–Crippen LogP) is 3.65. The van der Waals surface area contributed by atoms with Crippen molar-refractivity contribution >= 4 is 33.7 Å². The molecule has 102 valence electrons. The smallest absolute Gasteiger partial charge is 0.446 e. The van der Waals surface area contributed by atoms with Crippen LogP contribution in [0.1, 0.15) is 11.1 Å². The van der Waals surface area contributed by atoms with Crippen molar-refractivity contribution in [1.29, 1.82) is 5.26 Å². The van der Waals surface area contributed by atoms with E-state index < -0.39 is 11.5 Å². The summed E-state index contributed by atoms with van der Waals surface area (Å²) in [6.07, 6.45) is -0.330. The molecule has 1 rings (SSSR count). The van der Waals surface area contributed by atoms with Gasteiger partial charge in [-0.2, -0.15) is 18.4 Å². The molecule has 0 bridgehead atoms. The summed E-state index contributed by atoms with van der Waals surface area (Å²) < 4.78 is 41.9. The summed E-state index contributed by atoms with van der Waals surface area (Å²) in [5.41, 5.74) is -4.22. The molecule has 0 aliphatic carbocycles. The lowest BCUT2D eigenvalue weighted by molar-refractivity contribution is -0.139. The highest BCUT2D eigenvalue weighted by molar-refractivity contribution is 9.10. The second-order valence-corrected chi connectivity index (χ2v) is 5.29. The van der Waals surface area contributed by atoms with Crippen molar-refractivity contribution in [3.05, 3.63) is 27.7 Å². The highest BCUT2D eigenvalue weighted by Gasteiger charge is 2.32. The van der Waals surface area contributed by atoms with E-state index in [0.29, 0.717) is 0 Å². The molecule has 0 heterocycles. The standard InChI is InChI=1S/C11H7BrF3NO2S/c1-18-9(17)4-7-2-6(5-16)3-8(12)10(7)19-11(13,14)15/h2-3H,4H2,1H3. The molecule has 0 aliphatic rings. The van der Waals surface area contributed by atoms with Crippen LogP contribution in [-0.2, 0) is 16.0 Å². The van der Waals surface area contributed by atoms with E-state index in [1.165, 1.54) is 12.1 Å². The van der Waals surface area contributed by atoms with Crippen molar-refractivity contribution < 1.29 is 22.7 Å². The number of benzene rings is 1. The van der Waals surface area contributed by atoms with Gasteiger partial charge in [-0.15, -0.1) is 0 Å². The molecule has 1 aromatic carbocycles. The van der Waals surface area contributed by atoms with E-state index in [9.17, 15) is 18.0 Å². The van der Waals surface area contributed by atoms with Gasteiger partial charge in [-0.3, -0.25) is 4.79 Å². The average molecular weight is 354 g/mol. The van der Waals surface area contributed by atoms with E-state index in [1.807, 2.05) is 6.07 Å². The monoisotopic (exact) mass is 353 g/mol. The van der Waals surface area contributed by atoms with Gasteiger partial charge in [0, 0.05) is 9.37 Å². The van der Waals surface area contributed by atoms with Gasteiger partial charge in [0.25, 0.3) is 0 Å². The summed E-state index contributed by atoms with van der Waals surface area (Å²) in [4.78, 5) is 11.1. The van der Waals surface area contributed by atoms with Crippen LogP contribution in [0.3, 0.4) is 0 Å². The number of carbonyl (C=O) groups is 1. The van der Waals surface area contributed by atoms with E-state index in [0.717, 1.165) is 7.11 Å². The summed E-state index contributed by atoms with van der Waals surface area (Å²) in [6, 6.07) is 4.34. The van der Waals surface area contributed by atoms with Gasteiger partial charge in [0.05, 0.1) is 25.2 Å². The van der Waals surface area contributed by atoms with Crippen LogP contribution in [-0.4, -0.2) is 18.6 Å². The molecule has 0 atom stereocenters. The Kier molecular flexibility index (Phi) is 5.26. The molecule has 0 N–H and O–H groups in total. The Morgan fingerprint density at radius 2 is 2.16 bits per heavy atom. The molecule has 0 aromatic heterocycles. The number of nitriles is 1. The zero-order valence-electron chi connectivity index (χ0n) is 9.55. The first-order valence-electron chi connectivity index (χ1n) is 4.82. The van der Waals surface area contributed by atoms with Crippen LogP contribution in [0.15, 0.2) is 21.5 Å². The third kappa shape index (κ3) is 4.76. The highest BCUT2D eigenvalue weighted by atomic mass is 79.9. The first-order valence-corrected chi connectivity index (χ1v) is 6.43. The van der Waals surface area contributed by atoms with Crippen LogP contribution < -0.4 is 0 Å². The Morgan fingerprint density at radius 1 is 1.53 bits per heavy atom. The molecular formula is C11H7BrF3NO2S. The molecule has 0 saturated heterocycles. The molecule has 8 heteroatoms. The highest BCUT2D eigenvalue weighted by Crippen LogP contribution is 2.42. The third-order valence-corrected chi connectivity index (χ3v) is 3.84. The zero-order valence-corrected chi connectivity index (χ0v) is 11.9. The maximum atomic E-state index is 12.5. The minimum Gasteiger partial charge on any atom is -0.469 e. The molecule has 19 heavy (non-hydrogen) atoms. The fourth-order valence-electron chi connectivity index (χ4n) is 1.30. The van der Waals surface area contributed by atoms with Crippen molar-refractivity contribution in [2.75, 3.05) is 7.11 Å². The number of methoxy groups -OCH3 is 1. The quantitative estimate of drug-likeness (QED) is 0.614. The van der Waals surface area contributed by atoms with Crippen LogP contribution >= 0.6 is 27.7 Å². The van der Waals surface area contributed by atoms with Crippen molar-refractivity contribution in [1.82, 2.24) is 0 Å². The van der Waals surface area contributed by atoms with Crippen LogP contribution in [0.4, 0.5) is 13.2 Å². The Bertz CT molecular complexity index is 540. The van der Waals surface area contributed by atoms with Gasteiger partial charge < -0.3 is 4.74 Å². The number of carbonyl (C=O) groups excluding carboxylic acids is 1. The minimum atomic E-state index is -4.48. The summed E-state index contributed by atoms with van der Waals surface area (Å²) in [5.74, 6) is -0.675. The molecule has 0 amide bonds. The van der Waals surface area contributed by atoms with Gasteiger partial charge >= 0.3 is 11.5 Å². The van der Waals surface area contributed by atoms with E-state index in [-0.39, 0.29) is 38.7 Å². The van der Waals surface area contributed by atoms with Gasteiger partial charge in [0.15, 0.2) is 0 Å². The van der Waals surface area contributed by atoms with Crippen LogP contribution in [0.5, 0.6) is 0 Å². The molecule has 3 nitrogen and oxygen atoms in total. The summed E-state index contributed by atoms with van der Waals surface area (Å²) in [7, 11) is 1.14. The largest absolute Gasteiger partial charge is 0.469 e. The van der Waals surface area contributed by atoms with E-state index in [2.05, 4.69) is 20.7 Å². The first-order chi connectivity index (χ1) is 8.76. The number of esters is 1. The average Bonchev–Trinajstić information content (AvgIpc) is 2.31. The predicted molar refractivity (Wildman–Crippen MR) is 66.5 cm³/mol. The van der Waals surface area contributed by atoms with Crippen molar-refractivity contribution in [2.24, 2.45) is 0 Å². The van der Waals surface area contributed by atoms with E-state index in [4.69, 9.17) is 5.26 Å². The van der Waals surface area contributed by atoms with Crippen molar-refractivity contribution in [3.63, 3.8) is 0 Å². The lowest BCUT2D eigenvalue weighted by atomic mass is 10.1. The molecule has 0 unspecified atom stereocenters. The van der Waals surface area contributed by atoms with Gasteiger partial charge in [-0.25, -0.2) is 0 Å². The van der Waals surface area contributed by atoms with Crippen LogP contribution in [0.2, 0.25) is 0 Å². The van der Waals surface area contributed by atoms with Crippen LogP contribution in [0, 0.1) is 11.3 Å². The fourth-order valence-corrected chi connectivity index (χ4v) is 2.70. The first kappa shape index (κ1) is 15.9. The topological polar surface area (TPSA) is 50.1 Å². The van der Waals surface area contributed by atoms with Crippen molar-refractivity contribution in [3.8, 4) is 6.07 Å². The minimum absolute atomic E-state index is 0.0973. The normalized spacial score (nSPS) is 10.9. The Hall–Kier alpha value is -1.20. The number of rotatable bonds is 3. The molecule has 1 aromatic rings. The van der Waals surface area contributed by atoms with Gasteiger partial charge in [-0.1, -0.05) is 0 Å². The summed E-state index contributed by atoms with van der Waals surface area (Å²) in [6.45, 7) is 0. The summed E-state index contributed by atoms with van der Waals surface area (Å²) >= 11 is 2.64. The maximum Gasteiger partial charge on any atom is 0.446 e. The van der Waals surface area contributed by atoms with Gasteiger partial charge in [0.2, 0.25) is 0 Å². The number of nitrogens with zero attached hydrogens (tertiary/aromatic N) is 1. The zero-order chi connectivity index (χ0) is 14.6. The maximum absolute atomic E-state index is 12.5. The molecule has 0 saturated carbocycles. The lowest BCUT2D eigenvalue weighted by Gasteiger charge is -2.13. The van der Waals surface area contributed by atoms with E-state index in [1.54, 1.807) is 0 Å². The molecule has 0 fully saturated rings. The second kappa shape index (κ2) is 6.30. The van der Waals surface area contributed by atoms with Crippen molar-refractivity contribution in [2.45, 2.75) is 16.8 Å². The fraction of sp³-hybridized carbons (Fsp3) is 0.273. The van der Waals surface area contributed by atoms with Gasteiger partial charge in [0.1, 0.15) is 0 Å². The number of halogens is 4. The van der Waals surface area contributed by atoms with E-state index >= 15 is 0 Å².